The highest BCUT2D eigenvalue weighted by atomic mass is 15.3. The smallest absolute Gasteiger partial charge is 0.0210 e. The van der Waals surface area contributed by atoms with Crippen LogP contribution in [0.4, 0.5) is 0 Å². The maximum Gasteiger partial charge on any atom is 0.0210 e. The molecule has 0 aromatic rings. The van der Waals surface area contributed by atoms with E-state index in [1.165, 1.54) is 51.6 Å². The Morgan fingerprint density at radius 3 is 2.62 bits per heavy atom. The number of nitrogens with one attached hydrogen (secondary N) is 1. The van der Waals surface area contributed by atoms with Gasteiger partial charge in [0.15, 0.2) is 0 Å². The molecule has 2 atom stereocenters. The van der Waals surface area contributed by atoms with Crippen molar-refractivity contribution in [3.63, 3.8) is 0 Å². The number of hydrogen-bond donors (Lipinski definition) is 1. The van der Waals surface area contributed by atoms with Gasteiger partial charge in [-0.2, -0.15) is 0 Å². The second-order valence-corrected chi connectivity index (χ2v) is 6.44. The molecule has 1 N–H and O–H groups in total. The van der Waals surface area contributed by atoms with Crippen molar-refractivity contribution >= 4 is 0 Å². The normalized spacial score (nSPS) is 37.9. The Balaban J connectivity index is 1.46. The van der Waals surface area contributed by atoms with Gasteiger partial charge in [0.25, 0.3) is 0 Å². The van der Waals surface area contributed by atoms with Crippen LogP contribution in [0.1, 0.15) is 52.4 Å². The van der Waals surface area contributed by atoms with Crippen molar-refractivity contribution < 1.29 is 0 Å². The van der Waals surface area contributed by atoms with Crippen molar-refractivity contribution in [2.75, 3.05) is 13.1 Å². The van der Waals surface area contributed by atoms with Gasteiger partial charge in [0, 0.05) is 31.2 Å². The van der Waals surface area contributed by atoms with Crippen molar-refractivity contribution in [1.29, 1.82) is 0 Å². The monoisotopic (exact) mass is 222 g/mol. The minimum Gasteiger partial charge on any atom is -0.312 e. The van der Waals surface area contributed by atoms with E-state index in [2.05, 4.69) is 24.1 Å². The molecule has 3 aliphatic rings. The molecular weight excluding hydrogens is 196 g/mol. The topological polar surface area (TPSA) is 15.3 Å². The summed E-state index contributed by atoms with van der Waals surface area (Å²) in [6.07, 6.45) is 8.58. The first-order valence-electron chi connectivity index (χ1n) is 7.21. The molecule has 0 aromatic heterocycles. The van der Waals surface area contributed by atoms with Crippen LogP contribution in [0.5, 0.6) is 0 Å². The quantitative estimate of drug-likeness (QED) is 0.768. The summed E-state index contributed by atoms with van der Waals surface area (Å²) >= 11 is 0. The molecular formula is C14H26N2. The highest BCUT2D eigenvalue weighted by Gasteiger charge is 2.42. The fraction of sp³-hybridized carbons (Fsp3) is 1.00. The number of rotatable bonds is 5. The van der Waals surface area contributed by atoms with E-state index < -0.39 is 0 Å². The van der Waals surface area contributed by atoms with Crippen LogP contribution in [0.2, 0.25) is 0 Å². The Bertz CT molecular complexity index is 255. The van der Waals surface area contributed by atoms with Gasteiger partial charge >= 0.3 is 0 Å². The molecule has 1 saturated heterocycles. The number of hydrogen-bond acceptors (Lipinski definition) is 2. The molecule has 2 nitrogen and oxygen atoms in total. The summed E-state index contributed by atoms with van der Waals surface area (Å²) < 4.78 is 0. The van der Waals surface area contributed by atoms with Gasteiger partial charge in [-0.3, -0.25) is 4.90 Å². The van der Waals surface area contributed by atoms with Gasteiger partial charge in [0.05, 0.1) is 0 Å². The van der Waals surface area contributed by atoms with Crippen LogP contribution in [-0.2, 0) is 0 Å². The van der Waals surface area contributed by atoms with E-state index in [0.29, 0.717) is 5.41 Å². The number of nitrogens with zero attached hydrogens (tertiary/aromatic N) is 1. The average molecular weight is 222 g/mol. The lowest BCUT2D eigenvalue weighted by Crippen LogP contribution is -2.37. The highest BCUT2D eigenvalue weighted by molar-refractivity contribution is 4.99. The second-order valence-electron chi connectivity index (χ2n) is 6.44. The lowest BCUT2D eigenvalue weighted by atomic mass is 10.0. The molecule has 0 aromatic carbocycles. The zero-order valence-corrected chi connectivity index (χ0v) is 10.8. The van der Waals surface area contributed by atoms with Gasteiger partial charge < -0.3 is 5.32 Å². The molecule has 0 bridgehead atoms. The molecule has 2 aliphatic carbocycles. The Morgan fingerprint density at radius 2 is 2.06 bits per heavy atom. The van der Waals surface area contributed by atoms with Crippen molar-refractivity contribution in [1.82, 2.24) is 10.2 Å². The van der Waals surface area contributed by atoms with E-state index in [9.17, 15) is 0 Å². The summed E-state index contributed by atoms with van der Waals surface area (Å²) in [4.78, 5) is 2.74. The van der Waals surface area contributed by atoms with Gasteiger partial charge in [0.1, 0.15) is 0 Å². The Hall–Kier alpha value is -0.0800. The first-order chi connectivity index (χ1) is 7.72. The van der Waals surface area contributed by atoms with E-state index in [4.69, 9.17) is 0 Å². The summed E-state index contributed by atoms with van der Waals surface area (Å²) in [5.41, 5.74) is 0.705. The summed E-state index contributed by atoms with van der Waals surface area (Å²) in [6, 6.07) is 2.55. The third kappa shape index (κ3) is 2.14. The molecule has 3 fully saturated rings. The van der Waals surface area contributed by atoms with E-state index >= 15 is 0 Å². The van der Waals surface area contributed by atoms with Crippen LogP contribution in [0.15, 0.2) is 0 Å². The zero-order chi connectivity index (χ0) is 11.2. The maximum absolute atomic E-state index is 3.84. The minimum atomic E-state index is 0.705. The Kier molecular flexibility index (Phi) is 2.75. The van der Waals surface area contributed by atoms with Crippen LogP contribution in [-0.4, -0.2) is 36.1 Å². The van der Waals surface area contributed by atoms with E-state index in [0.717, 1.165) is 18.1 Å². The largest absolute Gasteiger partial charge is 0.312 e. The highest BCUT2D eigenvalue weighted by Crippen LogP contribution is 2.48. The Labute approximate surface area is 99.8 Å². The van der Waals surface area contributed by atoms with Crippen LogP contribution < -0.4 is 5.32 Å². The average Bonchev–Trinajstić information content (AvgIpc) is 3.18. The maximum atomic E-state index is 3.84. The summed E-state index contributed by atoms with van der Waals surface area (Å²) in [7, 11) is 0. The molecule has 0 radical (unpaired) electrons. The predicted molar refractivity (Wildman–Crippen MR) is 67.6 cm³/mol. The van der Waals surface area contributed by atoms with Gasteiger partial charge in [-0.1, -0.05) is 6.92 Å². The fourth-order valence-corrected chi connectivity index (χ4v) is 3.31. The van der Waals surface area contributed by atoms with Gasteiger partial charge in [-0.15, -0.1) is 0 Å². The summed E-state index contributed by atoms with van der Waals surface area (Å²) in [5, 5.41) is 3.84. The lowest BCUT2D eigenvalue weighted by molar-refractivity contribution is 0.254. The van der Waals surface area contributed by atoms with E-state index in [1.54, 1.807) is 0 Å². The Morgan fingerprint density at radius 1 is 1.31 bits per heavy atom. The molecule has 2 heteroatoms. The molecule has 2 saturated carbocycles. The van der Waals surface area contributed by atoms with E-state index in [-0.39, 0.29) is 0 Å². The summed E-state index contributed by atoms with van der Waals surface area (Å²) in [6.45, 7) is 7.35. The van der Waals surface area contributed by atoms with Crippen molar-refractivity contribution in [2.45, 2.75) is 70.5 Å². The first kappa shape index (κ1) is 11.0. The molecule has 1 heterocycles. The second kappa shape index (κ2) is 3.99. The minimum absolute atomic E-state index is 0.705. The van der Waals surface area contributed by atoms with E-state index in [1.807, 2.05) is 0 Å². The van der Waals surface area contributed by atoms with Crippen molar-refractivity contribution in [2.24, 2.45) is 5.41 Å². The van der Waals surface area contributed by atoms with Crippen LogP contribution in [0.3, 0.4) is 0 Å². The van der Waals surface area contributed by atoms with Crippen molar-refractivity contribution in [3.05, 3.63) is 0 Å². The molecule has 2 unspecified atom stereocenters. The zero-order valence-electron chi connectivity index (χ0n) is 10.8. The van der Waals surface area contributed by atoms with Crippen LogP contribution in [0, 0.1) is 5.41 Å². The standard InChI is InChI=1S/C14H26N2/c1-3-14(6-7-14)10-15-12-8-11(2)16(9-12)13-4-5-13/h11-13,15H,3-10H2,1-2H3. The van der Waals surface area contributed by atoms with Gasteiger partial charge in [-0.25, -0.2) is 0 Å². The van der Waals surface area contributed by atoms with Gasteiger partial charge in [0.2, 0.25) is 0 Å². The molecule has 0 spiro atoms. The predicted octanol–water partition coefficient (Wildman–Crippen LogP) is 2.39. The number of likely N-dealkylation sites (tertiary alicyclic amines) is 1. The van der Waals surface area contributed by atoms with Crippen LogP contribution >= 0.6 is 0 Å². The SMILES string of the molecule is CCC1(CNC2CC(C)N(C3CC3)C2)CC1. The van der Waals surface area contributed by atoms with Crippen molar-refractivity contribution in [3.8, 4) is 0 Å². The molecule has 0 amide bonds. The molecule has 92 valence electrons. The molecule has 1 aliphatic heterocycles. The summed E-state index contributed by atoms with van der Waals surface area (Å²) in [5.74, 6) is 0. The lowest BCUT2D eigenvalue weighted by Gasteiger charge is -2.20. The molecule has 3 rings (SSSR count). The first-order valence-corrected chi connectivity index (χ1v) is 7.21. The third-order valence-electron chi connectivity index (χ3n) is 5.11. The molecule has 16 heavy (non-hydrogen) atoms. The third-order valence-corrected chi connectivity index (χ3v) is 5.11. The fourth-order valence-electron chi connectivity index (χ4n) is 3.31. The van der Waals surface area contributed by atoms with Crippen LogP contribution in [0.25, 0.3) is 0 Å². The van der Waals surface area contributed by atoms with Gasteiger partial charge in [-0.05, 0) is 50.9 Å².